The van der Waals surface area contributed by atoms with Gasteiger partial charge in [-0.05, 0) is 37.4 Å². The number of piperazine rings is 1. The zero-order chi connectivity index (χ0) is 23.5. The molecule has 0 radical (unpaired) electrons. The van der Waals surface area contributed by atoms with Crippen LogP contribution in [0.3, 0.4) is 0 Å². The monoisotopic (exact) mass is 496 g/mol. The van der Waals surface area contributed by atoms with Gasteiger partial charge < -0.3 is 15.5 Å². The number of fused-ring (bicyclic) bond motifs is 1. The number of halogens is 1. The van der Waals surface area contributed by atoms with Crippen LogP contribution in [-0.2, 0) is 0 Å². The van der Waals surface area contributed by atoms with Gasteiger partial charge >= 0.3 is 0 Å². The molecule has 1 saturated heterocycles. The summed E-state index contributed by atoms with van der Waals surface area (Å²) in [6, 6.07) is 12.2. The molecule has 1 aromatic carbocycles. The Labute approximate surface area is 205 Å². The first-order valence-corrected chi connectivity index (χ1v) is 12.8. The van der Waals surface area contributed by atoms with Gasteiger partial charge in [-0.3, -0.25) is 14.7 Å². The number of benzene rings is 1. The second kappa shape index (κ2) is 10.1. The molecule has 0 saturated carbocycles. The molecule has 4 aromatic rings. The third-order valence-corrected chi connectivity index (χ3v) is 7.90. The van der Waals surface area contributed by atoms with Gasteiger partial charge in [0.25, 0.3) is 5.91 Å². The van der Waals surface area contributed by atoms with Crippen LogP contribution in [0.15, 0.2) is 48.7 Å². The summed E-state index contributed by atoms with van der Waals surface area (Å²) in [6.45, 7) is 6.32. The lowest BCUT2D eigenvalue weighted by Gasteiger charge is -2.32. The lowest BCUT2D eigenvalue weighted by atomic mass is 10.1. The quantitative estimate of drug-likeness (QED) is 0.393. The van der Waals surface area contributed by atoms with E-state index in [1.165, 1.54) is 23.6 Å². The highest BCUT2D eigenvalue weighted by atomic mass is 32.1. The zero-order valence-electron chi connectivity index (χ0n) is 18.8. The van der Waals surface area contributed by atoms with Crippen LogP contribution in [-0.4, -0.2) is 72.0 Å². The smallest absolute Gasteiger partial charge is 0.265 e. The predicted molar refractivity (Wildman–Crippen MR) is 138 cm³/mol. The first-order chi connectivity index (χ1) is 16.5. The van der Waals surface area contributed by atoms with Crippen molar-refractivity contribution >= 4 is 48.9 Å². The van der Waals surface area contributed by atoms with Crippen molar-refractivity contribution in [2.24, 2.45) is 0 Å². The van der Waals surface area contributed by atoms with Gasteiger partial charge in [0.15, 0.2) is 5.13 Å². The predicted octanol–water partition coefficient (Wildman–Crippen LogP) is 4.47. The van der Waals surface area contributed by atoms with Crippen molar-refractivity contribution in [2.75, 3.05) is 56.9 Å². The summed E-state index contributed by atoms with van der Waals surface area (Å²) in [4.78, 5) is 27.8. The van der Waals surface area contributed by atoms with Gasteiger partial charge in [0.05, 0.1) is 21.5 Å². The molecule has 0 spiro atoms. The maximum Gasteiger partial charge on any atom is 0.265 e. The molecule has 176 valence electrons. The Kier molecular flexibility index (Phi) is 6.82. The van der Waals surface area contributed by atoms with Gasteiger partial charge in [0, 0.05) is 50.5 Å². The molecule has 34 heavy (non-hydrogen) atoms. The normalized spacial score (nSPS) is 15.0. The average Bonchev–Trinajstić information content (AvgIpc) is 3.41. The largest absolute Gasteiger partial charge is 0.360 e. The van der Waals surface area contributed by atoms with Crippen LogP contribution in [0.5, 0.6) is 0 Å². The van der Waals surface area contributed by atoms with Gasteiger partial charge in [0.2, 0.25) is 0 Å². The van der Waals surface area contributed by atoms with E-state index in [1.807, 2.05) is 30.3 Å². The van der Waals surface area contributed by atoms with E-state index in [-0.39, 0.29) is 11.7 Å². The third kappa shape index (κ3) is 5.41. The molecule has 1 aliphatic heterocycles. The number of nitrogens with zero attached hydrogens (tertiary/aromatic N) is 4. The molecule has 5 rings (SSSR count). The van der Waals surface area contributed by atoms with Crippen LogP contribution in [0.4, 0.5) is 15.2 Å². The molecule has 0 aliphatic carbocycles. The number of hydrogen-bond acceptors (Lipinski definition) is 8. The molecule has 1 fully saturated rings. The van der Waals surface area contributed by atoms with Gasteiger partial charge in [-0.2, -0.15) is 0 Å². The summed E-state index contributed by atoms with van der Waals surface area (Å²) in [7, 11) is 2.16. The van der Waals surface area contributed by atoms with Gasteiger partial charge in [0.1, 0.15) is 10.6 Å². The summed E-state index contributed by atoms with van der Waals surface area (Å²) in [5.74, 6) is -0.529. The average molecular weight is 497 g/mol. The van der Waals surface area contributed by atoms with E-state index >= 15 is 0 Å². The molecular weight excluding hydrogens is 471 g/mol. The maximum absolute atomic E-state index is 13.1. The number of nitrogens with one attached hydrogen (secondary N) is 2. The van der Waals surface area contributed by atoms with Crippen LogP contribution in [0.1, 0.15) is 9.67 Å². The first-order valence-electron chi connectivity index (χ1n) is 11.1. The number of anilines is 2. The van der Waals surface area contributed by atoms with E-state index in [1.54, 1.807) is 17.4 Å². The van der Waals surface area contributed by atoms with Crippen molar-refractivity contribution < 1.29 is 9.18 Å². The number of pyridine rings is 1. The van der Waals surface area contributed by atoms with E-state index in [4.69, 9.17) is 0 Å². The molecule has 10 heteroatoms. The lowest BCUT2D eigenvalue weighted by molar-refractivity contribution is 0.103. The van der Waals surface area contributed by atoms with Gasteiger partial charge in [-0.15, -0.1) is 11.3 Å². The number of rotatable bonds is 7. The molecular formula is C24H25FN6OS2. The minimum Gasteiger partial charge on any atom is -0.360 e. The molecule has 0 bridgehead atoms. The number of likely N-dealkylation sites (N-methyl/N-ethyl adjacent to an activating group) is 1. The second-order valence-corrected chi connectivity index (χ2v) is 10.3. The summed E-state index contributed by atoms with van der Waals surface area (Å²) < 4.78 is 14.1. The number of aromatic nitrogens is 2. The summed E-state index contributed by atoms with van der Waals surface area (Å²) in [6.07, 6.45) is 1.19. The topological polar surface area (TPSA) is 73.4 Å². The molecule has 4 heterocycles. The molecule has 0 atom stereocenters. The molecule has 7 nitrogen and oxygen atoms in total. The van der Waals surface area contributed by atoms with Crippen LogP contribution in [0.2, 0.25) is 0 Å². The van der Waals surface area contributed by atoms with Gasteiger partial charge in [-0.1, -0.05) is 23.5 Å². The Hall–Kier alpha value is -2.92. The van der Waals surface area contributed by atoms with Crippen molar-refractivity contribution in [3.05, 3.63) is 59.4 Å². The van der Waals surface area contributed by atoms with E-state index in [0.717, 1.165) is 59.5 Å². The number of thiazole rings is 1. The molecule has 1 amide bonds. The molecule has 0 unspecified atom stereocenters. The van der Waals surface area contributed by atoms with Gasteiger partial charge in [-0.25, -0.2) is 9.37 Å². The fraction of sp³-hybridized carbons (Fsp3) is 0.292. The number of carbonyl (C=O) groups is 1. The van der Waals surface area contributed by atoms with E-state index in [2.05, 4.69) is 37.4 Å². The van der Waals surface area contributed by atoms with Crippen molar-refractivity contribution in [3.8, 4) is 11.3 Å². The Morgan fingerprint density at radius 1 is 1.09 bits per heavy atom. The van der Waals surface area contributed by atoms with Crippen LogP contribution >= 0.6 is 22.7 Å². The first kappa shape index (κ1) is 22.9. The number of hydrogen-bond donors (Lipinski definition) is 2. The second-order valence-electron chi connectivity index (χ2n) is 8.26. The Balaban J connectivity index is 1.15. The fourth-order valence-corrected chi connectivity index (χ4v) is 5.82. The third-order valence-electron chi connectivity index (χ3n) is 5.78. The van der Waals surface area contributed by atoms with Crippen molar-refractivity contribution in [3.63, 3.8) is 0 Å². The van der Waals surface area contributed by atoms with Crippen LogP contribution in [0.25, 0.3) is 20.8 Å². The summed E-state index contributed by atoms with van der Waals surface area (Å²) in [5.41, 5.74) is 2.22. The number of carbonyl (C=O) groups excluding carboxylic acids is 1. The lowest BCUT2D eigenvalue weighted by Crippen LogP contribution is -2.45. The maximum atomic E-state index is 13.1. The molecule has 2 N–H and O–H groups in total. The Morgan fingerprint density at radius 3 is 2.59 bits per heavy atom. The van der Waals surface area contributed by atoms with E-state index in [9.17, 15) is 9.18 Å². The Bertz CT molecular complexity index is 1230. The van der Waals surface area contributed by atoms with Crippen molar-refractivity contribution in [2.45, 2.75) is 0 Å². The minimum absolute atomic E-state index is 0.160. The van der Waals surface area contributed by atoms with E-state index < -0.39 is 0 Å². The standard InChI is InChI=1S/C24H25FN6OS2/c1-30-10-12-31(13-11-30)9-8-26-24-29-23-21(34-24)14-20(33-23)22(32)28-18-5-2-16(3-6-18)19-7-4-17(25)15-27-19/h2-7,14-15H,8-13H2,1H3,(H,26,29)(H,28,32). The van der Waals surface area contributed by atoms with E-state index in [0.29, 0.717) is 16.3 Å². The van der Waals surface area contributed by atoms with Crippen LogP contribution in [0, 0.1) is 5.82 Å². The SMILES string of the molecule is CN1CCN(CCNc2nc3sc(C(=O)Nc4ccc(-c5ccc(F)cn5)cc4)cc3s2)CC1. The zero-order valence-corrected chi connectivity index (χ0v) is 20.4. The summed E-state index contributed by atoms with van der Waals surface area (Å²) in [5, 5.41) is 7.25. The minimum atomic E-state index is -0.369. The number of amides is 1. The van der Waals surface area contributed by atoms with Crippen LogP contribution < -0.4 is 10.6 Å². The van der Waals surface area contributed by atoms with Crippen molar-refractivity contribution in [1.82, 2.24) is 19.8 Å². The highest BCUT2D eigenvalue weighted by Crippen LogP contribution is 2.33. The molecule has 1 aliphatic rings. The molecule has 3 aromatic heterocycles. The highest BCUT2D eigenvalue weighted by molar-refractivity contribution is 7.29. The Morgan fingerprint density at radius 2 is 1.88 bits per heavy atom. The van der Waals surface area contributed by atoms with Crippen molar-refractivity contribution in [1.29, 1.82) is 0 Å². The number of thiophene rings is 1. The fourth-order valence-electron chi connectivity index (χ4n) is 3.78. The summed E-state index contributed by atoms with van der Waals surface area (Å²) >= 11 is 2.97. The highest BCUT2D eigenvalue weighted by Gasteiger charge is 2.16.